The molecule has 4 aliphatic carbocycles. The van der Waals surface area contributed by atoms with E-state index in [1.807, 2.05) is 0 Å². The zero-order valence-electron chi connectivity index (χ0n) is 22.5. The molecule has 33 heavy (non-hydrogen) atoms. The number of hydrogen-bond acceptors (Lipinski definition) is 3. The van der Waals surface area contributed by atoms with Gasteiger partial charge >= 0.3 is 5.97 Å². The lowest BCUT2D eigenvalue weighted by Gasteiger charge is -2.59. The summed E-state index contributed by atoms with van der Waals surface area (Å²) in [5.74, 6) is 5.41. The third-order valence-electron chi connectivity index (χ3n) is 11.7. The Bertz CT molecular complexity index is 743. The van der Waals surface area contributed by atoms with Gasteiger partial charge in [0.15, 0.2) is 0 Å². The Balaban J connectivity index is 1.46. The number of rotatable bonds is 5. The summed E-state index contributed by atoms with van der Waals surface area (Å²) in [6.07, 6.45) is 11.6. The van der Waals surface area contributed by atoms with E-state index in [2.05, 4.69) is 41.5 Å². The molecule has 4 saturated carbocycles. The van der Waals surface area contributed by atoms with E-state index in [4.69, 9.17) is 4.74 Å². The van der Waals surface area contributed by atoms with Gasteiger partial charge in [-0.1, -0.05) is 41.5 Å². The Hall–Kier alpha value is -0.860. The number of Topliss-reactive ketones (excluding diaryl/α,β-unsaturated/α-hetero) is 1. The smallest absolute Gasteiger partial charge is 0.302 e. The molecule has 0 radical (unpaired) electrons. The van der Waals surface area contributed by atoms with Gasteiger partial charge in [0.05, 0.1) is 0 Å². The average Bonchev–Trinajstić information content (AvgIpc) is 3.11. The Kier molecular flexibility index (Phi) is 7.12. The molecule has 3 nitrogen and oxygen atoms in total. The second-order valence-corrected chi connectivity index (χ2v) is 13.6. The predicted molar refractivity (Wildman–Crippen MR) is 134 cm³/mol. The molecule has 0 aliphatic heterocycles. The van der Waals surface area contributed by atoms with Gasteiger partial charge < -0.3 is 4.74 Å². The van der Waals surface area contributed by atoms with Crippen LogP contribution in [0, 0.1) is 58.2 Å². The minimum atomic E-state index is -0.146. The molecule has 0 heterocycles. The summed E-state index contributed by atoms with van der Waals surface area (Å²) < 4.78 is 5.60. The van der Waals surface area contributed by atoms with Crippen molar-refractivity contribution in [3.05, 3.63) is 0 Å². The fourth-order valence-corrected chi connectivity index (χ4v) is 9.14. The highest BCUT2D eigenvalue weighted by atomic mass is 16.5. The molecule has 0 unspecified atom stereocenters. The van der Waals surface area contributed by atoms with E-state index in [1.165, 1.54) is 32.6 Å². The summed E-state index contributed by atoms with van der Waals surface area (Å²) in [5, 5.41) is 0. The Labute approximate surface area is 203 Å². The summed E-state index contributed by atoms with van der Waals surface area (Å²) >= 11 is 0. The van der Waals surface area contributed by atoms with Crippen LogP contribution in [0.15, 0.2) is 0 Å². The maximum absolute atomic E-state index is 14.2. The van der Waals surface area contributed by atoms with Crippen molar-refractivity contribution in [2.24, 2.45) is 58.2 Å². The van der Waals surface area contributed by atoms with Gasteiger partial charge in [-0.25, -0.2) is 0 Å². The zero-order chi connectivity index (χ0) is 24.1. The molecule has 0 saturated heterocycles. The first-order valence-corrected chi connectivity index (χ1v) is 14.2. The molecule has 4 fully saturated rings. The Morgan fingerprint density at radius 3 is 2.39 bits per heavy atom. The fraction of sp³-hybridized carbons (Fsp3) is 0.933. The third kappa shape index (κ3) is 4.44. The van der Waals surface area contributed by atoms with Crippen molar-refractivity contribution in [1.82, 2.24) is 0 Å². The molecule has 0 aromatic carbocycles. The van der Waals surface area contributed by atoms with Crippen molar-refractivity contribution in [1.29, 1.82) is 0 Å². The lowest BCUT2D eigenvalue weighted by atomic mass is 9.45. The normalized spacial score (nSPS) is 46.5. The number of carbonyl (C=O) groups is 2. The van der Waals surface area contributed by atoms with Crippen LogP contribution in [0.3, 0.4) is 0 Å². The van der Waals surface area contributed by atoms with Crippen LogP contribution < -0.4 is 0 Å². The van der Waals surface area contributed by atoms with Crippen LogP contribution in [0.1, 0.15) is 113 Å². The molecule has 0 amide bonds. The van der Waals surface area contributed by atoms with Crippen LogP contribution in [0.2, 0.25) is 0 Å². The maximum atomic E-state index is 14.2. The summed E-state index contributed by atoms with van der Waals surface area (Å²) in [6.45, 7) is 15.9. The molecule has 188 valence electrons. The number of hydrogen-bond donors (Lipinski definition) is 0. The highest BCUT2D eigenvalue weighted by Gasteiger charge is 2.59. The van der Waals surface area contributed by atoms with E-state index in [9.17, 15) is 9.59 Å². The van der Waals surface area contributed by atoms with Gasteiger partial charge in [0.1, 0.15) is 11.9 Å². The number of ketones is 1. The first kappa shape index (κ1) is 25.2. The van der Waals surface area contributed by atoms with Crippen LogP contribution in [-0.2, 0) is 14.3 Å². The van der Waals surface area contributed by atoms with Crippen molar-refractivity contribution in [3.63, 3.8) is 0 Å². The van der Waals surface area contributed by atoms with Gasteiger partial charge in [0.25, 0.3) is 0 Å². The second-order valence-electron chi connectivity index (χ2n) is 13.6. The predicted octanol–water partition coefficient (Wildman–Crippen LogP) is 7.46. The van der Waals surface area contributed by atoms with Gasteiger partial charge in [-0.3, -0.25) is 9.59 Å². The number of carbonyl (C=O) groups excluding carboxylic acids is 2. The molecule has 0 aromatic heterocycles. The maximum Gasteiger partial charge on any atom is 0.302 e. The van der Waals surface area contributed by atoms with Crippen LogP contribution in [0.4, 0.5) is 0 Å². The quantitative estimate of drug-likeness (QED) is 0.401. The van der Waals surface area contributed by atoms with E-state index in [0.717, 1.165) is 56.3 Å². The minimum absolute atomic E-state index is 0.0891. The van der Waals surface area contributed by atoms with Crippen molar-refractivity contribution in [2.75, 3.05) is 0 Å². The van der Waals surface area contributed by atoms with Gasteiger partial charge in [-0.15, -0.1) is 0 Å². The molecule has 10 atom stereocenters. The van der Waals surface area contributed by atoms with E-state index in [0.29, 0.717) is 29.5 Å². The number of fused-ring (bicyclic) bond motifs is 3. The molecule has 3 heteroatoms. The summed E-state index contributed by atoms with van der Waals surface area (Å²) in [4.78, 5) is 25.7. The molecule has 4 rings (SSSR count). The van der Waals surface area contributed by atoms with Crippen molar-refractivity contribution in [2.45, 2.75) is 119 Å². The van der Waals surface area contributed by atoms with Gasteiger partial charge in [-0.2, -0.15) is 0 Å². The highest BCUT2D eigenvalue weighted by molar-refractivity contribution is 5.88. The SMILES string of the molecule is CC(=O)O[C@H]1CC[C@@]2(C)[C@@H](CC[C@H]3C(=O)[C@@](C)([C@@H]4CC[C@@H](C[C@H](C)C(C)C)[C@H]4C)CC[C@@H]32)C1. The van der Waals surface area contributed by atoms with Crippen LogP contribution >= 0.6 is 0 Å². The van der Waals surface area contributed by atoms with Crippen molar-refractivity contribution >= 4 is 11.8 Å². The van der Waals surface area contributed by atoms with Crippen molar-refractivity contribution < 1.29 is 14.3 Å². The second kappa shape index (κ2) is 9.30. The van der Waals surface area contributed by atoms with Gasteiger partial charge in [0, 0.05) is 18.3 Å². The number of esters is 1. The largest absolute Gasteiger partial charge is 0.463 e. The lowest BCUT2D eigenvalue weighted by Crippen LogP contribution is -2.56. The topological polar surface area (TPSA) is 43.4 Å². The first-order chi connectivity index (χ1) is 15.5. The van der Waals surface area contributed by atoms with Gasteiger partial charge in [0.2, 0.25) is 0 Å². The molecular formula is C30H50O3. The molecule has 0 spiro atoms. The van der Waals surface area contributed by atoms with Crippen LogP contribution in [0.25, 0.3) is 0 Å². The van der Waals surface area contributed by atoms with Crippen LogP contribution in [-0.4, -0.2) is 17.9 Å². The van der Waals surface area contributed by atoms with Gasteiger partial charge in [-0.05, 0) is 111 Å². The molecule has 4 aliphatic rings. The molecule has 0 N–H and O–H groups in total. The van der Waals surface area contributed by atoms with E-state index < -0.39 is 0 Å². The van der Waals surface area contributed by atoms with Crippen molar-refractivity contribution in [3.8, 4) is 0 Å². The molecular weight excluding hydrogens is 408 g/mol. The molecule has 0 aromatic rings. The summed E-state index contributed by atoms with van der Waals surface area (Å²) in [6, 6.07) is 0. The van der Waals surface area contributed by atoms with E-state index in [1.54, 1.807) is 0 Å². The third-order valence-corrected chi connectivity index (χ3v) is 11.7. The molecule has 0 bridgehead atoms. The Morgan fingerprint density at radius 1 is 1.00 bits per heavy atom. The highest BCUT2D eigenvalue weighted by Crippen LogP contribution is 2.63. The minimum Gasteiger partial charge on any atom is -0.463 e. The fourth-order valence-electron chi connectivity index (χ4n) is 9.14. The standard InChI is InChI=1S/C30H50O3/c1-18(2)19(3)16-22-8-11-26(20(22)4)30(7)15-13-27-25(28(30)32)10-9-23-17-24(33-21(5)31)12-14-29(23,27)6/h18-20,22-27H,8-17H2,1-7H3/t19-,20+,22-,23-,24-,25+,26+,27-,29-,30+/m0/s1. The van der Waals surface area contributed by atoms with E-state index in [-0.39, 0.29) is 28.8 Å². The first-order valence-electron chi connectivity index (χ1n) is 14.2. The monoisotopic (exact) mass is 458 g/mol. The Morgan fingerprint density at radius 2 is 1.73 bits per heavy atom. The zero-order valence-corrected chi connectivity index (χ0v) is 22.5. The lowest BCUT2D eigenvalue weighted by molar-refractivity contribution is -0.164. The average molecular weight is 459 g/mol. The summed E-state index contributed by atoms with van der Waals surface area (Å²) in [5.41, 5.74) is 0.127. The van der Waals surface area contributed by atoms with E-state index >= 15 is 0 Å². The summed E-state index contributed by atoms with van der Waals surface area (Å²) in [7, 11) is 0. The van der Waals surface area contributed by atoms with Crippen LogP contribution in [0.5, 0.6) is 0 Å². The number of ether oxygens (including phenoxy) is 1.